The van der Waals surface area contributed by atoms with E-state index in [0.717, 1.165) is 22.9 Å². The van der Waals surface area contributed by atoms with Gasteiger partial charge in [0.25, 0.3) is 0 Å². The van der Waals surface area contributed by atoms with E-state index in [1.165, 1.54) is 7.11 Å². The van der Waals surface area contributed by atoms with E-state index in [1.807, 2.05) is 31.2 Å². The van der Waals surface area contributed by atoms with Crippen molar-refractivity contribution in [2.24, 2.45) is 5.73 Å². The molecule has 0 atom stereocenters. The van der Waals surface area contributed by atoms with E-state index in [1.54, 1.807) is 6.08 Å². The highest BCUT2D eigenvalue weighted by atomic mass is 79.9. The van der Waals surface area contributed by atoms with Crippen molar-refractivity contribution < 1.29 is 9.53 Å². The Hall–Kier alpha value is -1.27. The second-order valence-corrected chi connectivity index (χ2v) is 4.74. The number of thioether (sulfide) groups is 1. The molecule has 4 nitrogen and oxygen atoms in total. The predicted octanol–water partition coefficient (Wildman–Crippen LogP) is 2.76. The summed E-state index contributed by atoms with van der Waals surface area (Å²) in [6, 6.07) is 7.80. The monoisotopic (exact) mass is 344 g/mol. The summed E-state index contributed by atoms with van der Waals surface area (Å²) in [6.45, 7) is 2.00. The lowest BCUT2D eigenvalue weighted by molar-refractivity contribution is -0.135. The van der Waals surface area contributed by atoms with Crippen LogP contribution in [-0.2, 0) is 9.53 Å². The summed E-state index contributed by atoms with van der Waals surface area (Å²) in [6.07, 6.45) is 1.75. The Labute approximate surface area is 127 Å². The quantitative estimate of drug-likeness (QED) is 0.381. The largest absolute Gasteiger partial charge is 0.466 e. The summed E-state index contributed by atoms with van der Waals surface area (Å²) in [5, 5.41) is 7.14. The topological polar surface area (TPSA) is 76.2 Å². The van der Waals surface area contributed by atoms with Crippen LogP contribution in [0.2, 0.25) is 0 Å². The van der Waals surface area contributed by atoms with E-state index in [-0.39, 0.29) is 22.1 Å². The lowest BCUT2D eigenvalue weighted by atomic mass is 10.1. The molecule has 1 rings (SSSR count). The van der Waals surface area contributed by atoms with Gasteiger partial charge in [0.1, 0.15) is 0 Å². The van der Waals surface area contributed by atoms with Crippen molar-refractivity contribution in [1.82, 2.24) is 0 Å². The molecule has 0 bridgehead atoms. The normalized spacial score (nSPS) is 10.5. The molecule has 0 saturated heterocycles. The predicted molar refractivity (Wildman–Crippen MR) is 85.9 cm³/mol. The van der Waals surface area contributed by atoms with E-state index in [4.69, 9.17) is 15.9 Å². The lowest BCUT2D eigenvalue weighted by Gasteiger charge is -2.05. The van der Waals surface area contributed by atoms with Gasteiger partial charge in [0.2, 0.25) is 0 Å². The number of hydrogen-bond acceptors (Lipinski definition) is 4. The van der Waals surface area contributed by atoms with Crippen LogP contribution in [0.3, 0.4) is 0 Å². The molecule has 0 aliphatic carbocycles. The summed E-state index contributed by atoms with van der Waals surface area (Å²) in [5.74, 6) is -0.0695. The van der Waals surface area contributed by atoms with Gasteiger partial charge >= 0.3 is 5.97 Å². The van der Waals surface area contributed by atoms with Gasteiger partial charge in [-0.25, -0.2) is 4.79 Å². The zero-order valence-electron chi connectivity index (χ0n) is 10.8. The van der Waals surface area contributed by atoms with Crippen molar-refractivity contribution in [1.29, 1.82) is 5.41 Å². The van der Waals surface area contributed by atoms with Gasteiger partial charge < -0.3 is 10.5 Å². The number of aryl methyl sites for hydroxylation is 1. The Morgan fingerprint density at radius 3 is 2.47 bits per heavy atom. The number of rotatable bonds is 4. The molecular weight excluding hydrogens is 328 g/mol. The Morgan fingerprint density at radius 2 is 2.00 bits per heavy atom. The summed E-state index contributed by atoms with van der Waals surface area (Å²) in [7, 11) is 1.34. The molecule has 104 valence electrons. The van der Waals surface area contributed by atoms with Crippen molar-refractivity contribution in [2.45, 2.75) is 6.92 Å². The number of ether oxygens (including phenoxy) is 1. The van der Waals surface area contributed by atoms with E-state index in [0.29, 0.717) is 11.3 Å². The van der Waals surface area contributed by atoms with E-state index >= 15 is 0 Å². The molecular formula is C13H17BrN2O2S. The molecule has 6 heteroatoms. The minimum atomic E-state index is -0.399. The lowest BCUT2D eigenvalue weighted by Crippen LogP contribution is -2.11. The highest BCUT2D eigenvalue weighted by Gasteiger charge is 2.10. The number of hydrogen-bond donors (Lipinski definition) is 2. The maximum absolute atomic E-state index is 11.6. The Kier molecular flexibility index (Phi) is 8.18. The maximum atomic E-state index is 11.6. The van der Waals surface area contributed by atoms with Crippen molar-refractivity contribution in [3.63, 3.8) is 0 Å². The second-order valence-electron chi connectivity index (χ2n) is 3.72. The summed E-state index contributed by atoms with van der Waals surface area (Å²) < 4.78 is 4.71. The molecule has 0 aliphatic heterocycles. The fraction of sp³-hybridized carbons (Fsp3) is 0.231. The molecule has 0 saturated carbocycles. The molecule has 0 aromatic heterocycles. The Morgan fingerprint density at radius 1 is 1.42 bits per heavy atom. The smallest absolute Gasteiger partial charge is 0.334 e. The highest BCUT2D eigenvalue weighted by Crippen LogP contribution is 2.14. The molecule has 0 aliphatic rings. The van der Waals surface area contributed by atoms with Gasteiger partial charge in [-0.05, 0) is 18.6 Å². The van der Waals surface area contributed by atoms with Crippen LogP contribution in [0.4, 0.5) is 0 Å². The van der Waals surface area contributed by atoms with Gasteiger partial charge in [-0.3, -0.25) is 5.41 Å². The van der Waals surface area contributed by atoms with Crippen molar-refractivity contribution in [3.8, 4) is 0 Å². The molecule has 0 fully saturated rings. The fourth-order valence-corrected chi connectivity index (χ4v) is 1.82. The van der Waals surface area contributed by atoms with Gasteiger partial charge in [0.05, 0.1) is 7.11 Å². The van der Waals surface area contributed by atoms with Crippen LogP contribution in [0, 0.1) is 12.3 Å². The molecule has 1 aromatic carbocycles. The van der Waals surface area contributed by atoms with Crippen molar-refractivity contribution >= 4 is 46.0 Å². The van der Waals surface area contributed by atoms with Crippen molar-refractivity contribution in [2.75, 3.05) is 12.9 Å². The van der Waals surface area contributed by atoms with Gasteiger partial charge in [0, 0.05) is 11.3 Å². The number of methoxy groups -OCH3 is 1. The van der Waals surface area contributed by atoms with E-state index < -0.39 is 5.97 Å². The summed E-state index contributed by atoms with van der Waals surface area (Å²) >= 11 is 1.10. The number of esters is 1. The average molecular weight is 345 g/mol. The number of benzene rings is 1. The zero-order valence-corrected chi connectivity index (χ0v) is 13.3. The van der Waals surface area contributed by atoms with Crippen LogP contribution in [0.15, 0.2) is 29.8 Å². The first-order valence-corrected chi connectivity index (χ1v) is 6.34. The average Bonchev–Trinajstić information content (AvgIpc) is 2.35. The van der Waals surface area contributed by atoms with Crippen molar-refractivity contribution in [3.05, 3.63) is 41.0 Å². The number of nitrogens with one attached hydrogen (secondary N) is 1. The van der Waals surface area contributed by atoms with Crippen LogP contribution >= 0.6 is 28.7 Å². The minimum absolute atomic E-state index is 0. The second kappa shape index (κ2) is 8.77. The van der Waals surface area contributed by atoms with Gasteiger partial charge in [-0.15, -0.1) is 17.0 Å². The van der Waals surface area contributed by atoms with Crippen LogP contribution in [0.5, 0.6) is 0 Å². The molecule has 0 heterocycles. The number of carbonyl (C=O) groups excluding carboxylic acids is 1. The first-order chi connectivity index (χ1) is 8.52. The number of carbonyl (C=O) groups is 1. The molecule has 19 heavy (non-hydrogen) atoms. The van der Waals surface area contributed by atoms with Crippen LogP contribution in [-0.4, -0.2) is 24.0 Å². The third-order valence-corrected chi connectivity index (χ3v) is 3.02. The number of amidine groups is 1. The SMILES string of the molecule is Br.COC(=O)/C(=C/c1ccc(C)cc1)CSC(=N)N. The molecule has 0 amide bonds. The molecule has 1 aromatic rings. The molecule has 0 radical (unpaired) electrons. The first-order valence-electron chi connectivity index (χ1n) is 5.35. The molecule has 3 N–H and O–H groups in total. The minimum Gasteiger partial charge on any atom is -0.466 e. The summed E-state index contributed by atoms with van der Waals surface area (Å²) in [4.78, 5) is 11.6. The number of halogens is 1. The zero-order chi connectivity index (χ0) is 13.5. The maximum Gasteiger partial charge on any atom is 0.334 e. The standard InChI is InChI=1S/C13H16N2O2S.BrH/c1-9-3-5-10(6-4-9)7-11(12(16)17-2)8-18-13(14)15;/h3-7H,8H2,1-2H3,(H3,14,15);1H/b11-7+;. The third-order valence-electron chi connectivity index (χ3n) is 2.25. The van der Waals surface area contributed by atoms with E-state index in [9.17, 15) is 4.79 Å². The molecule has 0 unspecified atom stereocenters. The van der Waals surface area contributed by atoms with Crippen LogP contribution < -0.4 is 5.73 Å². The summed E-state index contributed by atoms with van der Waals surface area (Å²) in [5.41, 5.74) is 7.83. The first kappa shape index (κ1) is 17.7. The highest BCUT2D eigenvalue weighted by molar-refractivity contribution is 8.93. The van der Waals surface area contributed by atoms with Gasteiger partial charge in [-0.2, -0.15) is 0 Å². The van der Waals surface area contributed by atoms with Crippen LogP contribution in [0.25, 0.3) is 6.08 Å². The van der Waals surface area contributed by atoms with E-state index in [2.05, 4.69) is 0 Å². The Bertz CT molecular complexity index is 472. The van der Waals surface area contributed by atoms with Crippen LogP contribution in [0.1, 0.15) is 11.1 Å². The number of nitrogens with two attached hydrogens (primary N) is 1. The molecule has 0 spiro atoms. The third kappa shape index (κ3) is 6.45. The Balaban J connectivity index is 0.00000324. The van der Waals surface area contributed by atoms with Gasteiger partial charge in [0.15, 0.2) is 5.17 Å². The fourth-order valence-electron chi connectivity index (χ4n) is 1.31. The van der Waals surface area contributed by atoms with Gasteiger partial charge in [-0.1, -0.05) is 41.6 Å².